The van der Waals surface area contributed by atoms with Crippen LogP contribution in [0.1, 0.15) is 15.9 Å². The third-order valence-electron chi connectivity index (χ3n) is 2.85. The molecule has 1 amide bonds. The van der Waals surface area contributed by atoms with Crippen LogP contribution in [-0.2, 0) is 0 Å². The van der Waals surface area contributed by atoms with Crippen LogP contribution in [0.2, 0.25) is 0 Å². The normalized spacial score (nSPS) is 15.6. The number of hydrogen-bond donors (Lipinski definition) is 2. The fourth-order valence-electron chi connectivity index (χ4n) is 1.65. The quantitative estimate of drug-likeness (QED) is 0.826. The summed E-state index contributed by atoms with van der Waals surface area (Å²) in [5.74, 6) is 0.645. The van der Waals surface area contributed by atoms with Crippen LogP contribution < -0.4 is 10.6 Å². The molecule has 0 unspecified atom stereocenters. The zero-order chi connectivity index (χ0) is 11.5. The first-order valence-electron chi connectivity index (χ1n) is 5.42. The number of benzene rings is 1. The number of carbonyl (C=O) groups excluding carboxylic acids is 1. The molecule has 2 N–H and O–H groups in total. The van der Waals surface area contributed by atoms with Crippen molar-refractivity contribution < 1.29 is 4.79 Å². The van der Waals surface area contributed by atoms with E-state index in [-0.39, 0.29) is 5.91 Å². The molecule has 4 heteroatoms. The summed E-state index contributed by atoms with van der Waals surface area (Å²) in [7, 11) is 0. The summed E-state index contributed by atoms with van der Waals surface area (Å²) in [6.07, 6.45) is 0. The second-order valence-electron chi connectivity index (χ2n) is 4.17. The zero-order valence-corrected chi connectivity index (χ0v) is 11.4. The van der Waals surface area contributed by atoms with Crippen molar-refractivity contribution in [3.8, 4) is 0 Å². The van der Waals surface area contributed by atoms with Crippen LogP contribution in [-0.4, -0.2) is 25.5 Å². The minimum atomic E-state index is 0.0417. The molecule has 3 nitrogen and oxygen atoms in total. The Kier molecular flexibility index (Phi) is 3.81. The minimum Gasteiger partial charge on any atom is -0.352 e. The molecule has 0 spiro atoms. The maximum Gasteiger partial charge on any atom is 0.252 e. The predicted octanol–water partition coefficient (Wildman–Crippen LogP) is 1.55. The van der Waals surface area contributed by atoms with Gasteiger partial charge in [-0.05, 0) is 41.1 Å². The Morgan fingerprint density at radius 1 is 1.56 bits per heavy atom. The Labute approximate surface area is 109 Å². The van der Waals surface area contributed by atoms with Crippen molar-refractivity contribution in [2.24, 2.45) is 5.92 Å². The molecule has 0 aromatic heterocycles. The van der Waals surface area contributed by atoms with Gasteiger partial charge in [-0.1, -0.05) is 12.1 Å². The number of hydrogen-bond acceptors (Lipinski definition) is 2. The van der Waals surface area contributed by atoms with Gasteiger partial charge in [0.2, 0.25) is 0 Å². The molecule has 1 heterocycles. The lowest BCUT2D eigenvalue weighted by molar-refractivity contribution is 0.0941. The molecule has 0 radical (unpaired) electrons. The molecule has 1 saturated heterocycles. The van der Waals surface area contributed by atoms with E-state index in [1.54, 1.807) is 0 Å². The van der Waals surface area contributed by atoms with E-state index in [0.29, 0.717) is 5.92 Å². The monoisotopic (exact) mass is 330 g/mol. The molecule has 1 aromatic rings. The second-order valence-corrected chi connectivity index (χ2v) is 5.25. The highest BCUT2D eigenvalue weighted by Gasteiger charge is 2.18. The summed E-state index contributed by atoms with van der Waals surface area (Å²) in [5, 5.41) is 6.18. The van der Waals surface area contributed by atoms with Crippen LogP contribution in [0.4, 0.5) is 0 Å². The molecule has 86 valence electrons. The van der Waals surface area contributed by atoms with Gasteiger partial charge in [0.05, 0.1) is 5.56 Å². The molecule has 1 aliphatic rings. The van der Waals surface area contributed by atoms with Crippen molar-refractivity contribution in [1.82, 2.24) is 10.6 Å². The van der Waals surface area contributed by atoms with Gasteiger partial charge in [0.25, 0.3) is 5.91 Å². The van der Waals surface area contributed by atoms with Crippen molar-refractivity contribution in [1.29, 1.82) is 0 Å². The molecular weight excluding hydrogens is 315 g/mol. The van der Waals surface area contributed by atoms with Gasteiger partial charge < -0.3 is 10.6 Å². The molecule has 2 rings (SSSR count). The van der Waals surface area contributed by atoms with E-state index < -0.39 is 0 Å². The molecule has 0 atom stereocenters. The van der Waals surface area contributed by atoms with Gasteiger partial charge in [-0.25, -0.2) is 0 Å². The first-order chi connectivity index (χ1) is 7.68. The van der Waals surface area contributed by atoms with Gasteiger partial charge in [-0.3, -0.25) is 4.79 Å². The Hall–Kier alpha value is -0.620. The number of aryl methyl sites for hydroxylation is 1. The molecule has 1 fully saturated rings. The average molecular weight is 330 g/mol. The van der Waals surface area contributed by atoms with Crippen LogP contribution in [0.5, 0.6) is 0 Å². The highest BCUT2D eigenvalue weighted by atomic mass is 127. The van der Waals surface area contributed by atoms with E-state index in [4.69, 9.17) is 0 Å². The topological polar surface area (TPSA) is 41.1 Å². The standard InChI is InChI=1S/C12H15IN2O/c1-8-3-2-4-10(11(8)13)12(16)15-7-9-5-14-6-9/h2-4,9,14H,5-7H2,1H3,(H,15,16). The third-order valence-corrected chi connectivity index (χ3v) is 4.29. The zero-order valence-electron chi connectivity index (χ0n) is 9.22. The van der Waals surface area contributed by atoms with Crippen molar-refractivity contribution in [3.05, 3.63) is 32.9 Å². The van der Waals surface area contributed by atoms with E-state index in [0.717, 1.165) is 34.3 Å². The molecule has 0 bridgehead atoms. The van der Waals surface area contributed by atoms with Crippen molar-refractivity contribution in [2.45, 2.75) is 6.92 Å². The van der Waals surface area contributed by atoms with E-state index in [9.17, 15) is 4.79 Å². The summed E-state index contributed by atoms with van der Waals surface area (Å²) in [5.41, 5.74) is 1.94. The number of amides is 1. The van der Waals surface area contributed by atoms with E-state index in [2.05, 4.69) is 33.2 Å². The number of nitrogens with one attached hydrogen (secondary N) is 2. The maximum absolute atomic E-state index is 11.9. The van der Waals surface area contributed by atoms with Gasteiger partial charge in [0, 0.05) is 29.1 Å². The number of carbonyl (C=O) groups is 1. The molecular formula is C12H15IN2O. The smallest absolute Gasteiger partial charge is 0.252 e. The number of halogens is 1. The van der Waals surface area contributed by atoms with Crippen molar-refractivity contribution >= 4 is 28.5 Å². The van der Waals surface area contributed by atoms with E-state index >= 15 is 0 Å². The van der Waals surface area contributed by atoms with Gasteiger partial charge in [0.15, 0.2) is 0 Å². The van der Waals surface area contributed by atoms with E-state index in [1.165, 1.54) is 0 Å². The Balaban J connectivity index is 1.99. The van der Waals surface area contributed by atoms with Gasteiger partial charge in [-0.2, -0.15) is 0 Å². The van der Waals surface area contributed by atoms with Gasteiger partial charge in [-0.15, -0.1) is 0 Å². The highest BCUT2D eigenvalue weighted by molar-refractivity contribution is 14.1. The molecule has 1 aromatic carbocycles. The summed E-state index contributed by atoms with van der Waals surface area (Å²) < 4.78 is 1.05. The molecule has 16 heavy (non-hydrogen) atoms. The summed E-state index contributed by atoms with van der Waals surface area (Å²) in [6.45, 7) is 4.83. The SMILES string of the molecule is Cc1cccc(C(=O)NCC2CNC2)c1I. The Morgan fingerprint density at radius 3 is 2.94 bits per heavy atom. The third kappa shape index (κ3) is 2.55. The Bertz CT molecular complexity index is 402. The predicted molar refractivity (Wildman–Crippen MR) is 72.6 cm³/mol. The number of rotatable bonds is 3. The van der Waals surface area contributed by atoms with Crippen molar-refractivity contribution in [3.63, 3.8) is 0 Å². The molecule has 0 aliphatic carbocycles. The first-order valence-corrected chi connectivity index (χ1v) is 6.50. The minimum absolute atomic E-state index is 0.0417. The fraction of sp³-hybridized carbons (Fsp3) is 0.417. The largest absolute Gasteiger partial charge is 0.352 e. The van der Waals surface area contributed by atoms with Gasteiger partial charge in [0.1, 0.15) is 0 Å². The van der Waals surface area contributed by atoms with Crippen molar-refractivity contribution in [2.75, 3.05) is 19.6 Å². The lowest BCUT2D eigenvalue weighted by atomic mass is 10.0. The van der Waals surface area contributed by atoms with Crippen LogP contribution >= 0.6 is 22.6 Å². The molecule has 0 saturated carbocycles. The average Bonchev–Trinajstić information content (AvgIpc) is 2.19. The fourth-order valence-corrected chi connectivity index (χ4v) is 2.25. The lowest BCUT2D eigenvalue weighted by Crippen LogP contribution is -2.48. The van der Waals surface area contributed by atoms with Crippen LogP contribution in [0.3, 0.4) is 0 Å². The van der Waals surface area contributed by atoms with Gasteiger partial charge >= 0.3 is 0 Å². The van der Waals surface area contributed by atoms with E-state index in [1.807, 2.05) is 25.1 Å². The summed E-state index contributed by atoms with van der Waals surface area (Å²) >= 11 is 2.23. The van der Waals surface area contributed by atoms with Crippen LogP contribution in [0.25, 0.3) is 0 Å². The van der Waals surface area contributed by atoms with Crippen LogP contribution in [0.15, 0.2) is 18.2 Å². The second kappa shape index (κ2) is 5.14. The summed E-state index contributed by atoms with van der Waals surface area (Å²) in [4.78, 5) is 11.9. The molecule has 1 aliphatic heterocycles. The first kappa shape index (κ1) is 11.9. The lowest BCUT2D eigenvalue weighted by Gasteiger charge is -2.27. The maximum atomic E-state index is 11.9. The summed E-state index contributed by atoms with van der Waals surface area (Å²) in [6, 6.07) is 5.83. The highest BCUT2D eigenvalue weighted by Crippen LogP contribution is 2.16. The van der Waals surface area contributed by atoms with Crippen LogP contribution in [0, 0.1) is 16.4 Å². The Morgan fingerprint density at radius 2 is 2.31 bits per heavy atom.